The van der Waals surface area contributed by atoms with Gasteiger partial charge >= 0.3 is 0 Å². The quantitative estimate of drug-likeness (QED) is 0.737. The average Bonchev–Trinajstić information content (AvgIpc) is 2.28. The lowest BCUT2D eigenvalue weighted by Crippen LogP contribution is -2.06. The van der Waals surface area contributed by atoms with Gasteiger partial charge in [0.05, 0.1) is 20.0 Å². The van der Waals surface area contributed by atoms with Crippen molar-refractivity contribution in [1.29, 1.82) is 0 Å². The molecule has 0 amide bonds. The normalized spacial score (nSPS) is 10.9. The van der Waals surface area contributed by atoms with Crippen LogP contribution >= 0.6 is 0 Å². The molecule has 88 valence electrons. The summed E-state index contributed by atoms with van der Waals surface area (Å²) in [6.45, 7) is 3.42. The molecule has 0 bridgehead atoms. The molecule has 0 saturated heterocycles. The third-order valence-electron chi connectivity index (χ3n) is 2.04. The van der Waals surface area contributed by atoms with E-state index >= 15 is 0 Å². The standard InChI is InChI=1S/C11H14O4S/c1-4-7-16(12,13)11-6-5-9(14-2)8-10(11)15-3/h4-6,8H,1,7H2,2-3H3. The predicted molar refractivity (Wildman–Crippen MR) is 61.8 cm³/mol. The summed E-state index contributed by atoms with van der Waals surface area (Å²) in [6, 6.07) is 4.59. The summed E-state index contributed by atoms with van der Waals surface area (Å²) < 4.78 is 33.7. The van der Waals surface area contributed by atoms with E-state index in [0.29, 0.717) is 5.75 Å². The number of methoxy groups -OCH3 is 2. The van der Waals surface area contributed by atoms with Gasteiger partial charge in [-0.25, -0.2) is 8.42 Å². The topological polar surface area (TPSA) is 52.6 Å². The molecule has 0 aliphatic rings. The highest BCUT2D eigenvalue weighted by atomic mass is 32.2. The van der Waals surface area contributed by atoms with Crippen molar-refractivity contribution in [3.05, 3.63) is 30.9 Å². The number of hydrogen-bond donors (Lipinski definition) is 0. The molecule has 0 unspecified atom stereocenters. The highest BCUT2D eigenvalue weighted by molar-refractivity contribution is 7.91. The summed E-state index contributed by atoms with van der Waals surface area (Å²) >= 11 is 0. The Morgan fingerprint density at radius 1 is 1.31 bits per heavy atom. The van der Waals surface area contributed by atoms with Crippen LogP contribution < -0.4 is 9.47 Å². The minimum Gasteiger partial charge on any atom is -0.497 e. The van der Waals surface area contributed by atoms with E-state index in [-0.39, 0.29) is 16.4 Å². The minimum absolute atomic E-state index is 0.115. The lowest BCUT2D eigenvalue weighted by molar-refractivity contribution is 0.386. The van der Waals surface area contributed by atoms with Crippen molar-refractivity contribution in [1.82, 2.24) is 0 Å². The van der Waals surface area contributed by atoms with Gasteiger partial charge in [0.1, 0.15) is 16.4 Å². The summed E-state index contributed by atoms with van der Waals surface area (Å²) in [7, 11) is -0.452. The van der Waals surface area contributed by atoms with Crippen molar-refractivity contribution in [2.24, 2.45) is 0 Å². The Morgan fingerprint density at radius 3 is 2.50 bits per heavy atom. The molecule has 0 heterocycles. The van der Waals surface area contributed by atoms with Gasteiger partial charge in [0, 0.05) is 6.07 Å². The Morgan fingerprint density at radius 2 is 2.00 bits per heavy atom. The van der Waals surface area contributed by atoms with E-state index in [1.54, 1.807) is 6.07 Å². The van der Waals surface area contributed by atoms with Gasteiger partial charge in [0.2, 0.25) is 0 Å². The molecule has 5 heteroatoms. The molecule has 0 spiro atoms. The summed E-state index contributed by atoms with van der Waals surface area (Å²) in [5.74, 6) is 0.714. The Hall–Kier alpha value is -1.49. The summed E-state index contributed by atoms with van der Waals surface area (Å²) in [6.07, 6.45) is 1.35. The van der Waals surface area contributed by atoms with Crippen LogP contribution in [0.4, 0.5) is 0 Å². The van der Waals surface area contributed by atoms with E-state index in [2.05, 4.69) is 6.58 Å². The van der Waals surface area contributed by atoms with E-state index in [4.69, 9.17) is 9.47 Å². The van der Waals surface area contributed by atoms with Crippen LogP contribution in [0.5, 0.6) is 11.5 Å². The summed E-state index contributed by atoms with van der Waals surface area (Å²) in [4.78, 5) is 0.149. The Balaban J connectivity index is 3.29. The molecule has 0 radical (unpaired) electrons. The molecule has 0 N–H and O–H groups in total. The van der Waals surface area contributed by atoms with Crippen molar-refractivity contribution >= 4 is 9.84 Å². The van der Waals surface area contributed by atoms with Crippen molar-refractivity contribution in [2.75, 3.05) is 20.0 Å². The van der Waals surface area contributed by atoms with Crippen molar-refractivity contribution in [2.45, 2.75) is 4.90 Å². The molecule has 0 aliphatic heterocycles. The van der Waals surface area contributed by atoms with Crippen molar-refractivity contribution < 1.29 is 17.9 Å². The first-order chi connectivity index (χ1) is 7.55. The summed E-state index contributed by atoms with van der Waals surface area (Å²) in [5.41, 5.74) is 0. The molecule has 4 nitrogen and oxygen atoms in total. The van der Waals surface area contributed by atoms with Crippen molar-refractivity contribution in [3.63, 3.8) is 0 Å². The SMILES string of the molecule is C=CCS(=O)(=O)c1ccc(OC)cc1OC. The number of ether oxygens (including phenoxy) is 2. The average molecular weight is 242 g/mol. The number of sulfone groups is 1. The highest BCUT2D eigenvalue weighted by Crippen LogP contribution is 2.29. The fourth-order valence-corrected chi connectivity index (χ4v) is 2.49. The third kappa shape index (κ3) is 2.55. The number of hydrogen-bond acceptors (Lipinski definition) is 4. The zero-order valence-corrected chi connectivity index (χ0v) is 10.1. The van der Waals surface area contributed by atoms with Crippen LogP contribution in [-0.2, 0) is 9.84 Å². The van der Waals surface area contributed by atoms with Gasteiger partial charge < -0.3 is 9.47 Å². The van der Waals surface area contributed by atoms with E-state index < -0.39 is 9.84 Å². The van der Waals surface area contributed by atoms with Gasteiger partial charge in [-0.3, -0.25) is 0 Å². The molecule has 0 aliphatic carbocycles. The fourth-order valence-electron chi connectivity index (χ4n) is 1.28. The Labute approximate surface area is 95.4 Å². The Bertz CT molecular complexity index is 477. The van der Waals surface area contributed by atoms with Gasteiger partial charge in [-0.2, -0.15) is 0 Å². The smallest absolute Gasteiger partial charge is 0.185 e. The van der Waals surface area contributed by atoms with Crippen LogP contribution in [0, 0.1) is 0 Å². The Kier molecular flexibility index (Phi) is 3.95. The van der Waals surface area contributed by atoms with Crippen LogP contribution in [0.3, 0.4) is 0 Å². The molecule has 0 saturated carbocycles. The lowest BCUT2D eigenvalue weighted by atomic mass is 10.3. The van der Waals surface area contributed by atoms with Crippen LogP contribution in [0.1, 0.15) is 0 Å². The van der Waals surface area contributed by atoms with Crippen LogP contribution in [0.25, 0.3) is 0 Å². The van der Waals surface area contributed by atoms with Gasteiger partial charge in [-0.15, -0.1) is 6.58 Å². The third-order valence-corrected chi connectivity index (χ3v) is 3.73. The fraction of sp³-hybridized carbons (Fsp3) is 0.273. The molecule has 1 aromatic rings. The molecular formula is C11H14O4S. The molecule has 1 rings (SSSR count). The second-order valence-electron chi connectivity index (χ2n) is 3.09. The van der Waals surface area contributed by atoms with Gasteiger partial charge in [0.15, 0.2) is 9.84 Å². The van der Waals surface area contributed by atoms with Crippen molar-refractivity contribution in [3.8, 4) is 11.5 Å². The monoisotopic (exact) mass is 242 g/mol. The molecule has 16 heavy (non-hydrogen) atoms. The summed E-state index contributed by atoms with van der Waals surface area (Å²) in [5, 5.41) is 0. The van der Waals surface area contributed by atoms with Gasteiger partial charge in [-0.1, -0.05) is 6.08 Å². The maximum absolute atomic E-state index is 11.8. The first-order valence-corrected chi connectivity index (χ1v) is 6.26. The largest absolute Gasteiger partial charge is 0.497 e. The van der Waals surface area contributed by atoms with Crippen LogP contribution in [0.15, 0.2) is 35.7 Å². The van der Waals surface area contributed by atoms with E-state index in [0.717, 1.165) is 0 Å². The second-order valence-corrected chi connectivity index (χ2v) is 5.09. The molecule has 0 atom stereocenters. The maximum Gasteiger partial charge on any atom is 0.185 e. The zero-order chi connectivity index (χ0) is 12.2. The second kappa shape index (κ2) is 5.03. The number of rotatable bonds is 5. The zero-order valence-electron chi connectivity index (χ0n) is 9.26. The van der Waals surface area contributed by atoms with Crippen LogP contribution in [0.2, 0.25) is 0 Å². The van der Waals surface area contributed by atoms with E-state index in [1.807, 2.05) is 0 Å². The lowest BCUT2D eigenvalue weighted by Gasteiger charge is -2.09. The first kappa shape index (κ1) is 12.6. The number of benzene rings is 1. The van der Waals surface area contributed by atoms with E-state index in [9.17, 15) is 8.42 Å². The molecule has 1 aromatic carbocycles. The van der Waals surface area contributed by atoms with Crippen LogP contribution in [-0.4, -0.2) is 28.4 Å². The maximum atomic E-state index is 11.8. The van der Waals surface area contributed by atoms with Gasteiger partial charge in [-0.05, 0) is 12.1 Å². The predicted octanol–water partition coefficient (Wildman–Crippen LogP) is 1.66. The van der Waals surface area contributed by atoms with Gasteiger partial charge in [0.25, 0.3) is 0 Å². The molecular weight excluding hydrogens is 228 g/mol. The molecule has 0 fully saturated rings. The highest BCUT2D eigenvalue weighted by Gasteiger charge is 2.18. The molecule has 0 aromatic heterocycles. The van der Waals surface area contributed by atoms with E-state index in [1.165, 1.54) is 32.4 Å². The minimum atomic E-state index is -3.38. The first-order valence-electron chi connectivity index (χ1n) is 4.61.